The van der Waals surface area contributed by atoms with Crippen molar-refractivity contribution in [2.45, 2.75) is 0 Å². The summed E-state index contributed by atoms with van der Waals surface area (Å²) in [5.74, 6) is -0.133. The highest BCUT2D eigenvalue weighted by molar-refractivity contribution is 7.12. The fourth-order valence-electron chi connectivity index (χ4n) is 4.00. The molecule has 1 saturated heterocycles. The van der Waals surface area contributed by atoms with Gasteiger partial charge in [0, 0.05) is 49.3 Å². The monoisotopic (exact) mass is 468 g/mol. The van der Waals surface area contributed by atoms with Gasteiger partial charge in [0.25, 0.3) is 11.8 Å². The maximum atomic E-state index is 12.6. The van der Waals surface area contributed by atoms with Gasteiger partial charge in [0.05, 0.1) is 4.88 Å². The van der Waals surface area contributed by atoms with E-state index in [-0.39, 0.29) is 11.8 Å². The predicted octanol–water partition coefficient (Wildman–Crippen LogP) is 5.02. The van der Waals surface area contributed by atoms with Crippen molar-refractivity contribution in [3.8, 4) is 11.1 Å². The third-order valence-corrected chi connectivity index (χ3v) is 6.75. The number of amides is 2. The molecule has 7 heteroatoms. The molecule has 2 amide bonds. The zero-order valence-corrected chi connectivity index (χ0v) is 19.4. The van der Waals surface area contributed by atoms with Crippen LogP contribution in [-0.4, -0.2) is 47.9 Å². The molecule has 5 rings (SSSR count). The van der Waals surface area contributed by atoms with E-state index in [2.05, 4.69) is 15.2 Å². The second-order valence-electron chi connectivity index (χ2n) is 8.06. The number of carbonyl (C=O) groups is 2. The van der Waals surface area contributed by atoms with Crippen LogP contribution in [-0.2, 0) is 0 Å². The molecule has 0 aliphatic carbocycles. The number of nitrogens with one attached hydrogen (secondary N) is 1. The van der Waals surface area contributed by atoms with Gasteiger partial charge in [-0.15, -0.1) is 11.3 Å². The molecule has 0 bridgehead atoms. The molecule has 34 heavy (non-hydrogen) atoms. The third-order valence-electron chi connectivity index (χ3n) is 5.89. The van der Waals surface area contributed by atoms with Crippen LogP contribution in [0.5, 0.6) is 0 Å². The second kappa shape index (κ2) is 9.89. The van der Waals surface area contributed by atoms with Crippen molar-refractivity contribution < 1.29 is 9.59 Å². The quantitative estimate of drug-likeness (QED) is 0.446. The van der Waals surface area contributed by atoms with Gasteiger partial charge in [0.2, 0.25) is 0 Å². The van der Waals surface area contributed by atoms with Gasteiger partial charge in [-0.05, 0) is 47.3 Å². The van der Waals surface area contributed by atoms with Crippen LogP contribution in [0.15, 0.2) is 90.4 Å². The Hall–Kier alpha value is -3.97. The summed E-state index contributed by atoms with van der Waals surface area (Å²) in [5, 5.41) is 4.84. The van der Waals surface area contributed by atoms with E-state index in [0.29, 0.717) is 24.5 Å². The number of hydrogen-bond donors (Lipinski definition) is 1. The van der Waals surface area contributed by atoms with E-state index in [9.17, 15) is 9.59 Å². The topological polar surface area (TPSA) is 65.5 Å². The molecule has 1 aliphatic heterocycles. The van der Waals surface area contributed by atoms with Crippen molar-refractivity contribution in [2.75, 3.05) is 36.4 Å². The first-order chi connectivity index (χ1) is 16.7. The Balaban J connectivity index is 1.16. The van der Waals surface area contributed by atoms with Gasteiger partial charge in [0.1, 0.15) is 5.69 Å². The van der Waals surface area contributed by atoms with Gasteiger partial charge in [0.15, 0.2) is 0 Å². The van der Waals surface area contributed by atoms with Crippen LogP contribution < -0.4 is 10.2 Å². The number of benzene rings is 2. The smallest absolute Gasteiger partial charge is 0.274 e. The predicted molar refractivity (Wildman–Crippen MR) is 137 cm³/mol. The van der Waals surface area contributed by atoms with Crippen molar-refractivity contribution >= 4 is 34.5 Å². The van der Waals surface area contributed by atoms with Gasteiger partial charge in [-0.1, -0.05) is 42.5 Å². The summed E-state index contributed by atoms with van der Waals surface area (Å²) in [5.41, 5.74) is 4.20. The van der Waals surface area contributed by atoms with Crippen molar-refractivity contribution in [3.63, 3.8) is 0 Å². The average Bonchev–Trinajstić information content (AvgIpc) is 3.45. The molecule has 0 saturated carbocycles. The Morgan fingerprint density at radius 1 is 0.794 bits per heavy atom. The number of anilines is 2. The molecule has 3 heterocycles. The molecule has 0 atom stereocenters. The van der Waals surface area contributed by atoms with Crippen molar-refractivity contribution in [2.24, 2.45) is 0 Å². The van der Waals surface area contributed by atoms with Crippen LogP contribution in [0.25, 0.3) is 11.1 Å². The minimum atomic E-state index is -0.243. The first kappa shape index (κ1) is 21.9. The molecule has 1 N–H and O–H groups in total. The zero-order chi connectivity index (χ0) is 23.3. The van der Waals surface area contributed by atoms with Gasteiger partial charge in [-0.3, -0.25) is 14.6 Å². The third kappa shape index (κ3) is 4.84. The van der Waals surface area contributed by atoms with Crippen molar-refractivity contribution in [1.29, 1.82) is 0 Å². The number of nitrogens with zero attached hydrogens (tertiary/aromatic N) is 3. The summed E-state index contributed by atoms with van der Waals surface area (Å²) in [6.45, 7) is 2.95. The SMILES string of the molecule is O=C(Nc1ccc(N2CCN(C(=O)c3cccs3)CC2)cc1)c1ccc(-c2ccccc2)cn1. The molecule has 6 nitrogen and oxygen atoms in total. The highest BCUT2D eigenvalue weighted by atomic mass is 32.1. The number of rotatable bonds is 5. The lowest BCUT2D eigenvalue weighted by molar-refractivity contribution is 0.0751. The summed E-state index contributed by atoms with van der Waals surface area (Å²) in [6, 6.07) is 25.2. The van der Waals surface area contributed by atoms with E-state index in [0.717, 1.165) is 34.8 Å². The highest BCUT2D eigenvalue weighted by Gasteiger charge is 2.22. The molecular weight excluding hydrogens is 444 g/mol. The Morgan fingerprint density at radius 2 is 1.56 bits per heavy atom. The largest absolute Gasteiger partial charge is 0.368 e. The first-order valence-electron chi connectivity index (χ1n) is 11.2. The second-order valence-corrected chi connectivity index (χ2v) is 9.00. The number of piperazine rings is 1. The van der Waals surface area contributed by atoms with E-state index in [1.54, 1.807) is 12.3 Å². The number of hydrogen-bond acceptors (Lipinski definition) is 5. The van der Waals surface area contributed by atoms with Crippen LogP contribution >= 0.6 is 11.3 Å². The highest BCUT2D eigenvalue weighted by Crippen LogP contribution is 2.22. The standard InChI is InChI=1S/C27H24N4O2S/c32-26(24-13-8-21(19-28-24)20-5-2-1-3-6-20)29-22-9-11-23(12-10-22)30-14-16-31(17-15-30)27(33)25-7-4-18-34-25/h1-13,18-19H,14-17H2,(H,29,32). The molecule has 1 fully saturated rings. The lowest BCUT2D eigenvalue weighted by atomic mass is 10.1. The van der Waals surface area contributed by atoms with Gasteiger partial charge in [-0.25, -0.2) is 0 Å². The summed E-state index contributed by atoms with van der Waals surface area (Å²) < 4.78 is 0. The van der Waals surface area contributed by atoms with E-state index >= 15 is 0 Å². The van der Waals surface area contributed by atoms with E-state index < -0.39 is 0 Å². The fourth-order valence-corrected chi connectivity index (χ4v) is 4.69. The molecule has 2 aromatic heterocycles. The molecule has 1 aliphatic rings. The number of carbonyl (C=O) groups excluding carboxylic acids is 2. The van der Waals surface area contributed by atoms with Crippen molar-refractivity contribution in [1.82, 2.24) is 9.88 Å². The maximum Gasteiger partial charge on any atom is 0.274 e. The lowest BCUT2D eigenvalue weighted by Crippen LogP contribution is -2.48. The summed E-state index contributed by atoms with van der Waals surface area (Å²) in [6.07, 6.45) is 1.72. The average molecular weight is 469 g/mol. The van der Waals surface area contributed by atoms with Gasteiger partial charge in [-0.2, -0.15) is 0 Å². The fraction of sp³-hybridized carbons (Fsp3) is 0.148. The molecular formula is C27H24N4O2S. The van der Waals surface area contributed by atoms with Crippen LogP contribution in [0, 0.1) is 0 Å². The van der Waals surface area contributed by atoms with E-state index in [1.165, 1.54) is 11.3 Å². The Bertz CT molecular complexity index is 1250. The summed E-state index contributed by atoms with van der Waals surface area (Å²) in [4.78, 5) is 34.4. The van der Waals surface area contributed by atoms with Crippen LogP contribution in [0.4, 0.5) is 11.4 Å². The van der Waals surface area contributed by atoms with Crippen LogP contribution in [0.3, 0.4) is 0 Å². The van der Waals surface area contributed by atoms with Crippen LogP contribution in [0.2, 0.25) is 0 Å². The van der Waals surface area contributed by atoms with Crippen molar-refractivity contribution in [3.05, 3.63) is 101 Å². The molecule has 0 radical (unpaired) electrons. The summed E-state index contributed by atoms with van der Waals surface area (Å²) >= 11 is 1.48. The Morgan fingerprint density at radius 3 is 2.21 bits per heavy atom. The lowest BCUT2D eigenvalue weighted by Gasteiger charge is -2.36. The Kier molecular flexibility index (Phi) is 6.35. The minimum absolute atomic E-state index is 0.109. The maximum absolute atomic E-state index is 12.6. The molecule has 4 aromatic rings. The number of aromatic nitrogens is 1. The molecule has 0 spiro atoms. The van der Waals surface area contributed by atoms with Gasteiger partial charge < -0.3 is 15.1 Å². The van der Waals surface area contributed by atoms with E-state index in [1.807, 2.05) is 83.1 Å². The number of thiophene rings is 1. The van der Waals surface area contributed by atoms with Crippen LogP contribution in [0.1, 0.15) is 20.2 Å². The molecule has 0 unspecified atom stereocenters. The van der Waals surface area contributed by atoms with E-state index in [4.69, 9.17) is 0 Å². The molecule has 2 aromatic carbocycles. The molecule has 170 valence electrons. The first-order valence-corrected chi connectivity index (χ1v) is 12.1. The Labute approximate surface area is 202 Å². The normalized spacial score (nSPS) is 13.5. The zero-order valence-electron chi connectivity index (χ0n) is 18.6. The number of pyridine rings is 1. The minimum Gasteiger partial charge on any atom is -0.368 e. The van der Waals surface area contributed by atoms with Gasteiger partial charge >= 0.3 is 0 Å². The summed E-state index contributed by atoms with van der Waals surface area (Å²) in [7, 11) is 0.